The van der Waals surface area contributed by atoms with Crippen molar-refractivity contribution in [1.29, 1.82) is 5.26 Å². The molecular formula is C12H20N2O. The molecule has 2 atom stereocenters. The van der Waals surface area contributed by atoms with E-state index in [-0.39, 0.29) is 11.1 Å². The molecule has 84 valence electrons. The maximum atomic E-state index is 9.38. The summed E-state index contributed by atoms with van der Waals surface area (Å²) in [7, 11) is 0. The minimum absolute atomic E-state index is 0.115. The fraction of sp³-hybridized carbons (Fsp3) is 0.917. The zero-order valence-electron chi connectivity index (χ0n) is 9.68. The van der Waals surface area contributed by atoms with Crippen molar-refractivity contribution < 1.29 is 4.74 Å². The van der Waals surface area contributed by atoms with E-state index in [0.717, 1.165) is 19.3 Å². The van der Waals surface area contributed by atoms with Gasteiger partial charge in [0.25, 0.3) is 0 Å². The third-order valence-electron chi connectivity index (χ3n) is 3.67. The predicted octanol–water partition coefficient (Wildman–Crippen LogP) is 1.98. The maximum absolute atomic E-state index is 9.38. The molecule has 1 aliphatic heterocycles. The third-order valence-corrected chi connectivity index (χ3v) is 3.67. The van der Waals surface area contributed by atoms with Crippen LogP contribution in [0.15, 0.2) is 0 Å². The van der Waals surface area contributed by atoms with Crippen LogP contribution in [0.3, 0.4) is 0 Å². The molecule has 2 rings (SSSR count). The lowest BCUT2D eigenvalue weighted by Crippen LogP contribution is -2.55. The van der Waals surface area contributed by atoms with Crippen LogP contribution in [0.25, 0.3) is 0 Å². The van der Waals surface area contributed by atoms with E-state index < -0.39 is 0 Å². The van der Waals surface area contributed by atoms with Crippen LogP contribution in [0, 0.1) is 11.3 Å². The predicted molar refractivity (Wildman–Crippen MR) is 58.4 cm³/mol. The number of nitriles is 1. The summed E-state index contributed by atoms with van der Waals surface area (Å²) in [6, 6.07) is 3.07. The van der Waals surface area contributed by atoms with Gasteiger partial charge in [0.1, 0.15) is 5.54 Å². The third kappa shape index (κ3) is 2.32. The quantitative estimate of drug-likeness (QED) is 0.771. The van der Waals surface area contributed by atoms with Crippen LogP contribution in [-0.4, -0.2) is 23.8 Å². The second-order valence-corrected chi connectivity index (χ2v) is 5.19. The topological polar surface area (TPSA) is 45.0 Å². The number of ether oxygens (including phenoxy) is 1. The summed E-state index contributed by atoms with van der Waals surface area (Å²) in [6.07, 6.45) is 5.09. The molecule has 1 N–H and O–H groups in total. The smallest absolute Gasteiger partial charge is 0.111 e. The molecule has 0 aromatic heterocycles. The average molecular weight is 208 g/mol. The number of rotatable bonds is 3. The Hall–Kier alpha value is -0.590. The first-order valence-corrected chi connectivity index (χ1v) is 5.94. The lowest BCUT2D eigenvalue weighted by atomic mass is 9.80. The van der Waals surface area contributed by atoms with Gasteiger partial charge < -0.3 is 4.74 Å². The Bertz CT molecular complexity index is 282. The average Bonchev–Trinajstić information content (AvgIpc) is 3.02. The van der Waals surface area contributed by atoms with E-state index in [4.69, 9.17) is 4.74 Å². The molecule has 0 aromatic rings. The minimum atomic E-state index is -0.329. The Balaban J connectivity index is 2.07. The van der Waals surface area contributed by atoms with Crippen molar-refractivity contribution >= 4 is 0 Å². The normalized spacial score (nSPS) is 41.1. The molecule has 2 fully saturated rings. The molecule has 0 radical (unpaired) electrons. The highest BCUT2D eigenvalue weighted by molar-refractivity contribution is 5.14. The maximum Gasteiger partial charge on any atom is 0.111 e. The van der Waals surface area contributed by atoms with Gasteiger partial charge in [0.15, 0.2) is 0 Å². The molecule has 1 aliphatic carbocycles. The van der Waals surface area contributed by atoms with Gasteiger partial charge in [0.05, 0.1) is 18.3 Å². The van der Waals surface area contributed by atoms with Gasteiger partial charge in [-0.25, -0.2) is 0 Å². The molecule has 2 unspecified atom stereocenters. The van der Waals surface area contributed by atoms with E-state index in [0.29, 0.717) is 12.6 Å². The number of hydrogen-bond donors (Lipinski definition) is 1. The molecule has 1 heterocycles. The first-order chi connectivity index (χ1) is 7.11. The van der Waals surface area contributed by atoms with Gasteiger partial charge in [-0.2, -0.15) is 5.26 Å². The zero-order valence-corrected chi connectivity index (χ0v) is 9.68. The monoisotopic (exact) mass is 208 g/mol. The van der Waals surface area contributed by atoms with E-state index in [1.165, 1.54) is 12.8 Å². The van der Waals surface area contributed by atoms with Crippen molar-refractivity contribution in [2.75, 3.05) is 6.61 Å². The fourth-order valence-corrected chi connectivity index (χ4v) is 2.35. The van der Waals surface area contributed by atoms with Crippen LogP contribution in [0.5, 0.6) is 0 Å². The Kier molecular flexibility index (Phi) is 2.74. The van der Waals surface area contributed by atoms with Gasteiger partial charge in [-0.3, -0.25) is 5.32 Å². The van der Waals surface area contributed by atoms with Crippen molar-refractivity contribution in [3.05, 3.63) is 0 Å². The zero-order chi connectivity index (χ0) is 10.9. The lowest BCUT2D eigenvalue weighted by Gasteiger charge is -2.42. The van der Waals surface area contributed by atoms with Gasteiger partial charge in [0, 0.05) is 18.9 Å². The minimum Gasteiger partial charge on any atom is -0.375 e. The molecule has 1 saturated carbocycles. The van der Waals surface area contributed by atoms with E-state index in [1.54, 1.807) is 0 Å². The van der Waals surface area contributed by atoms with Crippen LogP contribution >= 0.6 is 0 Å². The highest BCUT2D eigenvalue weighted by Crippen LogP contribution is 2.36. The molecule has 0 bridgehead atoms. The molecule has 15 heavy (non-hydrogen) atoms. The van der Waals surface area contributed by atoms with Gasteiger partial charge in [-0.15, -0.1) is 0 Å². The second-order valence-electron chi connectivity index (χ2n) is 5.19. The van der Waals surface area contributed by atoms with Crippen molar-refractivity contribution in [2.24, 2.45) is 0 Å². The molecule has 0 spiro atoms. The Morgan fingerprint density at radius 3 is 2.80 bits per heavy atom. The first kappa shape index (κ1) is 10.9. The van der Waals surface area contributed by atoms with E-state index in [9.17, 15) is 5.26 Å². The van der Waals surface area contributed by atoms with Crippen LogP contribution in [-0.2, 0) is 4.74 Å². The fourth-order valence-electron chi connectivity index (χ4n) is 2.35. The van der Waals surface area contributed by atoms with Gasteiger partial charge in [-0.1, -0.05) is 6.92 Å². The van der Waals surface area contributed by atoms with Crippen molar-refractivity contribution in [2.45, 2.75) is 63.1 Å². The summed E-state index contributed by atoms with van der Waals surface area (Å²) in [6.45, 7) is 4.95. The van der Waals surface area contributed by atoms with Crippen molar-refractivity contribution in [3.63, 3.8) is 0 Å². The van der Waals surface area contributed by atoms with E-state index in [1.807, 2.05) is 0 Å². The van der Waals surface area contributed by atoms with Crippen molar-refractivity contribution in [1.82, 2.24) is 5.32 Å². The first-order valence-electron chi connectivity index (χ1n) is 5.94. The van der Waals surface area contributed by atoms with Crippen molar-refractivity contribution in [3.8, 4) is 6.07 Å². The van der Waals surface area contributed by atoms with Crippen LogP contribution in [0.4, 0.5) is 0 Å². The summed E-state index contributed by atoms with van der Waals surface area (Å²) < 4.78 is 5.78. The Morgan fingerprint density at radius 2 is 2.27 bits per heavy atom. The highest BCUT2D eigenvalue weighted by Gasteiger charge is 2.45. The van der Waals surface area contributed by atoms with Crippen LogP contribution in [0.1, 0.15) is 46.0 Å². The van der Waals surface area contributed by atoms with Gasteiger partial charge in [0.2, 0.25) is 0 Å². The van der Waals surface area contributed by atoms with E-state index in [2.05, 4.69) is 25.2 Å². The number of hydrogen-bond acceptors (Lipinski definition) is 3. The van der Waals surface area contributed by atoms with Gasteiger partial charge >= 0.3 is 0 Å². The molecule has 1 saturated heterocycles. The SMILES string of the molecule is CCC1(C)CC(C#N)(NC2CC2)CCO1. The molecule has 2 aliphatic rings. The highest BCUT2D eigenvalue weighted by atomic mass is 16.5. The Labute approximate surface area is 91.8 Å². The summed E-state index contributed by atoms with van der Waals surface area (Å²) in [4.78, 5) is 0. The van der Waals surface area contributed by atoms with Crippen LogP contribution in [0.2, 0.25) is 0 Å². The van der Waals surface area contributed by atoms with Crippen LogP contribution < -0.4 is 5.32 Å². The second kappa shape index (κ2) is 3.77. The number of nitrogens with one attached hydrogen (secondary N) is 1. The number of nitrogens with zero attached hydrogens (tertiary/aromatic N) is 1. The largest absolute Gasteiger partial charge is 0.375 e. The molecule has 3 nitrogen and oxygen atoms in total. The summed E-state index contributed by atoms with van der Waals surface area (Å²) in [5.74, 6) is 0. The molecular weight excluding hydrogens is 188 g/mol. The Morgan fingerprint density at radius 1 is 1.53 bits per heavy atom. The summed E-state index contributed by atoms with van der Waals surface area (Å²) >= 11 is 0. The molecule has 0 amide bonds. The van der Waals surface area contributed by atoms with Gasteiger partial charge in [-0.05, 0) is 26.2 Å². The lowest BCUT2D eigenvalue weighted by molar-refractivity contribution is -0.0906. The summed E-state index contributed by atoms with van der Waals surface area (Å²) in [5.41, 5.74) is -0.444. The standard InChI is InChI=1S/C12H20N2O/c1-3-11(2)8-12(9-13,6-7-15-11)14-10-4-5-10/h10,14H,3-8H2,1-2H3. The molecule has 3 heteroatoms. The summed E-state index contributed by atoms with van der Waals surface area (Å²) in [5, 5.41) is 12.9. The van der Waals surface area contributed by atoms with E-state index >= 15 is 0 Å². The molecule has 0 aromatic carbocycles.